The Morgan fingerprint density at radius 1 is 0.453 bits per heavy atom. The van der Waals surface area contributed by atoms with Crippen molar-refractivity contribution in [3.05, 3.63) is 12.2 Å². The molecule has 1 aliphatic rings. The number of aliphatic hydroxyl groups is 6. The number of nitrogens with zero attached hydrogens (tertiary/aromatic N) is 7. The molecular weight excluding hydrogens is 1230 g/mol. The summed E-state index contributed by atoms with van der Waals surface area (Å²) in [5, 5.41) is 65.6. The van der Waals surface area contributed by atoms with Crippen molar-refractivity contribution >= 4 is 65.0 Å². The van der Waals surface area contributed by atoms with E-state index in [4.69, 9.17) is 25.5 Å². The summed E-state index contributed by atoms with van der Waals surface area (Å²) >= 11 is 0. The number of hydrogen-bond acceptors (Lipinski definition) is 17. The van der Waals surface area contributed by atoms with E-state index in [0.29, 0.717) is 6.42 Å². The third-order valence-electron chi connectivity index (χ3n) is 17.2. The lowest BCUT2D eigenvalue weighted by atomic mass is 9.91. The molecule has 95 heavy (non-hydrogen) atoms. The fourth-order valence-corrected chi connectivity index (χ4v) is 11.2. The molecule has 0 aromatic rings. The highest BCUT2D eigenvalue weighted by molar-refractivity contribution is 5.99. The molecule has 1 heterocycles. The zero-order valence-electron chi connectivity index (χ0n) is 61.4. The van der Waals surface area contributed by atoms with Gasteiger partial charge in [0.1, 0.15) is 78.7 Å². The molecule has 0 bridgehead atoms. The zero-order chi connectivity index (χ0) is 74.1. The summed E-state index contributed by atoms with van der Waals surface area (Å²) in [6.45, 7) is 28.0. The number of aliphatic hydroxyl groups excluding tert-OH is 6. The zero-order valence-corrected chi connectivity index (χ0v) is 61.4. The lowest BCUT2D eigenvalue weighted by Crippen LogP contribution is -2.63. The monoisotopic (exact) mass is 1350 g/mol. The average Bonchev–Trinajstić information content (AvgIpc) is 0.809. The SMILES string of the molecule is C/C=C/C[C@@H](C)[C@@H](O)[C@H]1C(=O)N[C@@H](CC)C(=O)N(C)CC(=O)N(C)[C@@H](CC(C)C)C(=O)N[C@@H](C(C)C)C(=O)N(C)[C@@H](CC(C)C)C(=O)N[C@@H](C)C(=O)N[C@H](C)C(=O)N(C)[C@@H](CC(C)C)C(=O)N(C)[C@@H](CC(C)C)C(=O)N(C)[C@@H](C(C)C)C(=O)N1C.OC[C@@H](O)C(O)[C@@H](O)CO. The molecule has 0 radical (unpaired) electrons. The molecule has 1 aliphatic heterocycles. The fourth-order valence-electron chi connectivity index (χ4n) is 11.2. The molecule has 0 saturated carbocycles. The van der Waals surface area contributed by atoms with Crippen LogP contribution in [0.2, 0.25) is 0 Å². The van der Waals surface area contributed by atoms with Crippen LogP contribution in [0.1, 0.15) is 156 Å². The summed E-state index contributed by atoms with van der Waals surface area (Å²) in [6, 6.07) is -12.3. The summed E-state index contributed by atoms with van der Waals surface area (Å²) in [6.07, 6.45) is -1.25. The summed E-state index contributed by atoms with van der Waals surface area (Å²) in [5.74, 6) is -9.71. The lowest BCUT2D eigenvalue weighted by Gasteiger charge is -2.41. The topological polar surface area (TPSA) is 380 Å². The Balaban J connectivity index is 0.00000809. The largest absolute Gasteiger partial charge is 0.394 e. The van der Waals surface area contributed by atoms with Gasteiger partial charge in [0.15, 0.2) is 0 Å². The molecular formula is C67H123N11O17. The number of amides is 11. The van der Waals surface area contributed by atoms with E-state index in [0.717, 1.165) is 9.80 Å². The molecule has 0 aromatic carbocycles. The van der Waals surface area contributed by atoms with Crippen LogP contribution < -0.4 is 21.3 Å². The highest BCUT2D eigenvalue weighted by atomic mass is 16.4. The first-order valence-corrected chi connectivity index (χ1v) is 33.5. The van der Waals surface area contributed by atoms with E-state index >= 15 is 9.59 Å². The Morgan fingerprint density at radius 3 is 1.27 bits per heavy atom. The predicted octanol–water partition coefficient (Wildman–Crippen LogP) is 0.323. The maximum atomic E-state index is 15.1. The standard InChI is InChI=1S/C62H111N11O12.C5H12O5/c1-25-27-28-40(15)52(75)51-56(79)65-43(26-2)58(81)67(18)33-48(74)68(19)44(29-34(3)4)55(78)66-49(38(11)12)61(84)69(20)45(30-35(5)6)54(77)63-41(16)53(76)64-42(17)57(80)70(21)46(31-36(7)8)59(82)71(22)47(32-37(9)10)60(83)72(23)50(39(13)14)62(85)73(51)24;6-1-3(8)5(10)4(9)2-7/h25,27,34-47,49-52,75H,26,28-33H2,1-24H3,(H,63,77)(H,64,76)(H,65,79)(H,66,78);3-10H,1-2H2/b27-25+;/t40-,41+,42-,43+,44+,45+,46+,47+,49+,50+,51+,52-;3-,4+,5?/m1./s1. The summed E-state index contributed by atoms with van der Waals surface area (Å²) in [4.78, 5) is 169. The van der Waals surface area contributed by atoms with E-state index in [1.54, 1.807) is 54.5 Å². The Kier molecular flexibility index (Phi) is 38.9. The predicted molar refractivity (Wildman–Crippen MR) is 361 cm³/mol. The first-order valence-electron chi connectivity index (χ1n) is 33.5. The normalized spacial score (nSPS) is 26.2. The first-order chi connectivity index (χ1) is 43.8. The minimum atomic E-state index is -1.61. The number of rotatable bonds is 19. The van der Waals surface area contributed by atoms with Crippen molar-refractivity contribution in [3.8, 4) is 0 Å². The minimum Gasteiger partial charge on any atom is -0.394 e. The van der Waals surface area contributed by atoms with Crippen LogP contribution in [-0.4, -0.2) is 284 Å². The maximum absolute atomic E-state index is 15.1. The molecule has 1 fully saturated rings. The van der Waals surface area contributed by atoms with Gasteiger partial charge in [-0.25, -0.2) is 0 Å². The van der Waals surface area contributed by atoms with E-state index in [1.165, 1.54) is 87.7 Å². The number of carbonyl (C=O) groups is 11. The van der Waals surface area contributed by atoms with Gasteiger partial charge >= 0.3 is 0 Å². The van der Waals surface area contributed by atoms with Crippen molar-refractivity contribution in [3.63, 3.8) is 0 Å². The van der Waals surface area contributed by atoms with Crippen molar-refractivity contribution in [1.82, 2.24) is 55.6 Å². The number of likely N-dealkylation sites (N-methyl/N-ethyl adjacent to an activating group) is 7. The third kappa shape index (κ3) is 26.6. The Morgan fingerprint density at radius 2 is 0.853 bits per heavy atom. The molecule has 28 nitrogen and oxygen atoms in total. The molecule has 15 atom stereocenters. The van der Waals surface area contributed by atoms with Gasteiger partial charge in [0.05, 0.1) is 25.9 Å². The van der Waals surface area contributed by atoms with E-state index < -0.39 is 187 Å². The van der Waals surface area contributed by atoms with Crippen molar-refractivity contribution < 1.29 is 83.4 Å². The molecule has 0 aliphatic carbocycles. The summed E-state index contributed by atoms with van der Waals surface area (Å²) in [7, 11) is 9.92. The fraction of sp³-hybridized carbons (Fsp3) is 0.806. The third-order valence-corrected chi connectivity index (χ3v) is 17.2. The van der Waals surface area contributed by atoms with Gasteiger partial charge in [-0.3, -0.25) is 52.7 Å². The number of carbonyl (C=O) groups excluding carboxylic acids is 11. The smallest absolute Gasteiger partial charge is 0.246 e. The van der Waals surface area contributed by atoms with Crippen LogP contribution in [-0.2, 0) is 52.7 Å². The number of hydrogen-bond donors (Lipinski definition) is 10. The van der Waals surface area contributed by atoms with Gasteiger partial charge < -0.3 is 86.2 Å². The Bertz CT molecular complexity index is 2520. The Labute approximate surface area is 565 Å². The van der Waals surface area contributed by atoms with Crippen LogP contribution in [0.5, 0.6) is 0 Å². The number of allylic oxidation sites excluding steroid dienone is 2. The quantitative estimate of drug-likeness (QED) is 0.0779. The van der Waals surface area contributed by atoms with Gasteiger partial charge in [-0.15, -0.1) is 0 Å². The number of nitrogens with one attached hydrogen (secondary N) is 4. The molecule has 1 saturated heterocycles. The lowest BCUT2D eigenvalue weighted by molar-refractivity contribution is -0.157. The van der Waals surface area contributed by atoms with Crippen LogP contribution >= 0.6 is 0 Å². The second-order valence-corrected chi connectivity index (χ2v) is 28.1. The molecule has 28 heteroatoms. The van der Waals surface area contributed by atoms with Gasteiger partial charge in [0.25, 0.3) is 0 Å². The molecule has 548 valence electrons. The van der Waals surface area contributed by atoms with Crippen LogP contribution in [0, 0.1) is 41.4 Å². The molecule has 11 amide bonds. The van der Waals surface area contributed by atoms with Crippen molar-refractivity contribution in [1.29, 1.82) is 0 Å². The molecule has 0 aromatic heterocycles. The Hall–Kier alpha value is -6.33. The molecule has 1 unspecified atom stereocenters. The van der Waals surface area contributed by atoms with Crippen molar-refractivity contribution in [2.24, 2.45) is 41.4 Å². The van der Waals surface area contributed by atoms with Crippen LogP contribution in [0.3, 0.4) is 0 Å². The van der Waals surface area contributed by atoms with Crippen LogP contribution in [0.15, 0.2) is 12.2 Å². The van der Waals surface area contributed by atoms with Gasteiger partial charge in [-0.2, -0.15) is 0 Å². The second-order valence-electron chi connectivity index (χ2n) is 28.1. The first kappa shape index (κ1) is 88.7. The summed E-state index contributed by atoms with van der Waals surface area (Å²) in [5.41, 5.74) is 0. The highest BCUT2D eigenvalue weighted by Crippen LogP contribution is 2.26. The van der Waals surface area contributed by atoms with E-state index in [2.05, 4.69) is 21.3 Å². The average molecular weight is 1350 g/mol. The highest BCUT2D eigenvalue weighted by Gasteiger charge is 2.46. The minimum absolute atomic E-state index is 0.0229. The van der Waals surface area contributed by atoms with Gasteiger partial charge in [-0.1, -0.05) is 109 Å². The van der Waals surface area contributed by atoms with E-state index in [1.807, 2.05) is 61.5 Å². The second kappa shape index (κ2) is 41.7. The van der Waals surface area contributed by atoms with Crippen molar-refractivity contribution in [2.45, 2.75) is 241 Å². The molecule has 0 spiro atoms. The summed E-state index contributed by atoms with van der Waals surface area (Å²) < 4.78 is 0. The van der Waals surface area contributed by atoms with Crippen LogP contribution in [0.4, 0.5) is 0 Å². The van der Waals surface area contributed by atoms with Gasteiger partial charge in [-0.05, 0) is 101 Å². The molecule has 10 N–H and O–H groups in total. The van der Waals surface area contributed by atoms with E-state index in [9.17, 15) is 48.3 Å². The van der Waals surface area contributed by atoms with Crippen LogP contribution in [0.25, 0.3) is 0 Å². The van der Waals surface area contributed by atoms with Crippen molar-refractivity contribution in [2.75, 3.05) is 69.1 Å². The van der Waals surface area contributed by atoms with Gasteiger partial charge in [0.2, 0.25) is 65.0 Å². The maximum Gasteiger partial charge on any atom is 0.246 e. The molecule has 1 rings (SSSR count). The van der Waals surface area contributed by atoms with Gasteiger partial charge in [0, 0.05) is 49.3 Å². The van der Waals surface area contributed by atoms with E-state index in [-0.39, 0.29) is 55.8 Å².